The van der Waals surface area contributed by atoms with Gasteiger partial charge < -0.3 is 10.1 Å². The van der Waals surface area contributed by atoms with E-state index in [9.17, 15) is 0 Å². The third-order valence-electron chi connectivity index (χ3n) is 5.01. The van der Waals surface area contributed by atoms with E-state index >= 15 is 0 Å². The monoisotopic (exact) mass is 289 g/mol. The highest BCUT2D eigenvalue weighted by molar-refractivity contribution is 5.26. The highest BCUT2D eigenvalue weighted by Crippen LogP contribution is 2.40. The van der Waals surface area contributed by atoms with E-state index in [0.29, 0.717) is 30.1 Å². The van der Waals surface area contributed by atoms with Gasteiger partial charge in [0.1, 0.15) is 0 Å². The lowest BCUT2D eigenvalue weighted by Gasteiger charge is -2.30. The molecule has 1 fully saturated rings. The Morgan fingerprint density at radius 3 is 2.19 bits per heavy atom. The number of hydrogen-bond acceptors (Lipinski definition) is 2. The Morgan fingerprint density at radius 1 is 1.05 bits per heavy atom. The van der Waals surface area contributed by atoms with Crippen molar-refractivity contribution in [1.29, 1.82) is 0 Å². The number of ether oxygens (including phenoxy) is 1. The van der Waals surface area contributed by atoms with E-state index in [2.05, 4.69) is 64.2 Å². The second-order valence-electron chi connectivity index (χ2n) is 6.51. The number of hydrogen-bond donors (Lipinski definition) is 1. The number of nitrogens with one attached hydrogen (secondary N) is 1. The Kier molecular flexibility index (Phi) is 5.83. The highest BCUT2D eigenvalue weighted by atomic mass is 16.5. The summed E-state index contributed by atoms with van der Waals surface area (Å²) in [5, 5.41) is 3.69. The van der Waals surface area contributed by atoms with Crippen LogP contribution in [0.5, 0.6) is 0 Å². The van der Waals surface area contributed by atoms with Crippen LogP contribution in [0.15, 0.2) is 24.3 Å². The predicted octanol–water partition coefficient (Wildman–Crippen LogP) is 4.35. The molecule has 1 aromatic rings. The molecule has 0 bridgehead atoms. The van der Waals surface area contributed by atoms with Gasteiger partial charge in [-0.3, -0.25) is 0 Å². The third-order valence-corrected chi connectivity index (χ3v) is 5.01. The molecule has 0 aliphatic carbocycles. The summed E-state index contributed by atoms with van der Waals surface area (Å²) < 4.78 is 6.06. The fraction of sp³-hybridized carbons (Fsp3) is 0.684. The van der Waals surface area contributed by atoms with E-state index in [1.54, 1.807) is 0 Å². The van der Waals surface area contributed by atoms with Crippen molar-refractivity contribution >= 4 is 0 Å². The molecule has 2 rings (SSSR count). The second kappa shape index (κ2) is 7.42. The lowest BCUT2D eigenvalue weighted by atomic mass is 9.80. The molecule has 1 N–H and O–H groups in total. The molecule has 1 aromatic carbocycles. The first-order chi connectivity index (χ1) is 10.1. The minimum absolute atomic E-state index is 0.314. The Labute approximate surface area is 130 Å². The fourth-order valence-corrected chi connectivity index (χ4v) is 3.74. The predicted molar refractivity (Wildman–Crippen MR) is 89.5 cm³/mol. The van der Waals surface area contributed by atoms with Gasteiger partial charge in [0.25, 0.3) is 0 Å². The molecule has 1 saturated heterocycles. The van der Waals surface area contributed by atoms with E-state index in [1.165, 1.54) is 24.0 Å². The van der Waals surface area contributed by atoms with Gasteiger partial charge in [-0.1, -0.05) is 51.5 Å². The quantitative estimate of drug-likeness (QED) is 0.840. The van der Waals surface area contributed by atoms with E-state index in [-0.39, 0.29) is 0 Å². The van der Waals surface area contributed by atoms with E-state index < -0.39 is 0 Å². The van der Waals surface area contributed by atoms with Crippen LogP contribution in [0.25, 0.3) is 0 Å². The van der Waals surface area contributed by atoms with Gasteiger partial charge in [0.2, 0.25) is 0 Å². The fourth-order valence-electron chi connectivity index (χ4n) is 3.74. The lowest BCUT2D eigenvalue weighted by molar-refractivity contribution is 0.0475. The van der Waals surface area contributed by atoms with Crippen LogP contribution in [0.4, 0.5) is 0 Å². The molecule has 21 heavy (non-hydrogen) atoms. The van der Waals surface area contributed by atoms with Crippen molar-refractivity contribution in [2.75, 3.05) is 6.54 Å². The summed E-state index contributed by atoms with van der Waals surface area (Å²) in [6.45, 7) is 12.2. The average molecular weight is 289 g/mol. The molecule has 0 spiro atoms. The first kappa shape index (κ1) is 16.5. The zero-order valence-corrected chi connectivity index (χ0v) is 14.2. The normalized spacial score (nSPS) is 30.5. The average Bonchev–Trinajstić information content (AvgIpc) is 2.71. The SMILES string of the molecule is CCCc1ccc(C(NCC)C2C(C)OC(C)C2C)cc1. The van der Waals surface area contributed by atoms with Gasteiger partial charge in [-0.25, -0.2) is 0 Å². The van der Waals surface area contributed by atoms with Gasteiger partial charge in [0.15, 0.2) is 0 Å². The van der Waals surface area contributed by atoms with Crippen LogP contribution < -0.4 is 5.32 Å². The first-order valence-corrected chi connectivity index (χ1v) is 8.56. The van der Waals surface area contributed by atoms with Crippen LogP contribution >= 0.6 is 0 Å². The number of rotatable bonds is 6. The Balaban J connectivity index is 2.22. The summed E-state index contributed by atoms with van der Waals surface area (Å²) >= 11 is 0. The Bertz CT molecular complexity index is 428. The summed E-state index contributed by atoms with van der Waals surface area (Å²) in [5.41, 5.74) is 2.84. The van der Waals surface area contributed by atoms with Crippen molar-refractivity contribution in [3.8, 4) is 0 Å². The molecule has 5 atom stereocenters. The van der Waals surface area contributed by atoms with Crippen molar-refractivity contribution in [3.05, 3.63) is 35.4 Å². The summed E-state index contributed by atoms with van der Waals surface area (Å²) in [6, 6.07) is 9.58. The molecule has 1 aliphatic rings. The Morgan fingerprint density at radius 2 is 1.71 bits per heavy atom. The standard InChI is InChI=1S/C19H31NO/c1-6-8-16-9-11-17(12-10-16)19(20-7-2)18-13(3)14(4)21-15(18)5/h9-15,18-20H,6-8H2,1-5H3. The van der Waals surface area contributed by atoms with Crippen LogP contribution in [0.1, 0.15) is 58.2 Å². The summed E-state index contributed by atoms with van der Waals surface area (Å²) in [4.78, 5) is 0. The largest absolute Gasteiger partial charge is 0.375 e. The first-order valence-electron chi connectivity index (χ1n) is 8.56. The maximum atomic E-state index is 6.06. The van der Waals surface area contributed by atoms with Crippen molar-refractivity contribution in [1.82, 2.24) is 5.32 Å². The zero-order valence-electron chi connectivity index (χ0n) is 14.2. The Hall–Kier alpha value is -0.860. The van der Waals surface area contributed by atoms with Crippen molar-refractivity contribution in [2.24, 2.45) is 11.8 Å². The van der Waals surface area contributed by atoms with Gasteiger partial charge in [-0.15, -0.1) is 0 Å². The van der Waals surface area contributed by atoms with Gasteiger partial charge in [-0.05, 0) is 43.9 Å². The highest BCUT2D eigenvalue weighted by Gasteiger charge is 2.41. The lowest BCUT2D eigenvalue weighted by Crippen LogP contribution is -2.34. The summed E-state index contributed by atoms with van der Waals surface area (Å²) in [5.74, 6) is 1.12. The molecular weight excluding hydrogens is 258 g/mol. The topological polar surface area (TPSA) is 21.3 Å². The van der Waals surface area contributed by atoms with E-state index in [1.807, 2.05) is 0 Å². The minimum atomic E-state index is 0.314. The molecule has 0 radical (unpaired) electrons. The maximum Gasteiger partial charge on any atom is 0.0600 e. The molecule has 118 valence electrons. The van der Waals surface area contributed by atoms with Crippen LogP contribution in [0.3, 0.4) is 0 Å². The van der Waals surface area contributed by atoms with Gasteiger partial charge in [-0.2, -0.15) is 0 Å². The molecule has 2 heteroatoms. The molecule has 1 aliphatic heterocycles. The van der Waals surface area contributed by atoms with Gasteiger partial charge in [0, 0.05) is 12.0 Å². The second-order valence-corrected chi connectivity index (χ2v) is 6.51. The van der Waals surface area contributed by atoms with Crippen LogP contribution in [-0.4, -0.2) is 18.8 Å². The number of aryl methyl sites for hydroxylation is 1. The van der Waals surface area contributed by atoms with Crippen LogP contribution in [0, 0.1) is 11.8 Å². The van der Waals surface area contributed by atoms with Crippen molar-refractivity contribution < 1.29 is 4.74 Å². The molecule has 5 unspecified atom stereocenters. The number of benzene rings is 1. The van der Waals surface area contributed by atoms with E-state index in [0.717, 1.165) is 6.54 Å². The third kappa shape index (κ3) is 3.67. The van der Waals surface area contributed by atoms with E-state index in [4.69, 9.17) is 4.74 Å². The summed E-state index contributed by atoms with van der Waals surface area (Å²) in [7, 11) is 0. The molecular formula is C19H31NO. The molecule has 1 heterocycles. The van der Waals surface area contributed by atoms with Gasteiger partial charge >= 0.3 is 0 Å². The van der Waals surface area contributed by atoms with Crippen molar-refractivity contribution in [3.63, 3.8) is 0 Å². The zero-order chi connectivity index (χ0) is 15.4. The molecule has 0 saturated carbocycles. The van der Waals surface area contributed by atoms with Crippen LogP contribution in [0.2, 0.25) is 0 Å². The molecule has 0 amide bonds. The van der Waals surface area contributed by atoms with Crippen molar-refractivity contribution in [2.45, 2.75) is 65.7 Å². The minimum Gasteiger partial charge on any atom is -0.375 e. The maximum absolute atomic E-state index is 6.06. The molecule has 0 aromatic heterocycles. The smallest absolute Gasteiger partial charge is 0.0600 e. The van der Waals surface area contributed by atoms with Crippen LogP contribution in [-0.2, 0) is 11.2 Å². The molecule has 2 nitrogen and oxygen atoms in total. The van der Waals surface area contributed by atoms with Gasteiger partial charge in [0.05, 0.1) is 12.2 Å². The summed E-state index contributed by atoms with van der Waals surface area (Å²) in [6.07, 6.45) is 3.04.